The lowest BCUT2D eigenvalue weighted by Gasteiger charge is -2.50. The Morgan fingerprint density at radius 2 is 0.647 bits per heavy atom. The van der Waals surface area contributed by atoms with Crippen molar-refractivity contribution in [1.82, 2.24) is 0 Å². The first kappa shape index (κ1) is 23.9. The summed E-state index contributed by atoms with van der Waals surface area (Å²) < 4.78 is 34.9. The highest BCUT2D eigenvalue weighted by Crippen LogP contribution is 2.58. The van der Waals surface area contributed by atoms with Crippen molar-refractivity contribution < 1.29 is 28.4 Å². The molecule has 184 valence electrons. The van der Waals surface area contributed by atoms with Crippen molar-refractivity contribution in [2.24, 2.45) is 11.8 Å². The van der Waals surface area contributed by atoms with Gasteiger partial charge in [0.25, 0.3) is 0 Å². The third-order valence-electron chi connectivity index (χ3n) is 7.22. The molecule has 0 amide bonds. The Hall–Kier alpha value is -1.80. The summed E-state index contributed by atoms with van der Waals surface area (Å²) in [5.41, 5.74) is 5.79. The van der Waals surface area contributed by atoms with E-state index < -0.39 is 0 Å². The molecular weight excluding hydrogens is 432 g/mol. The average Bonchev–Trinajstić information content (AvgIpc) is 2.87. The molecule has 0 unspecified atom stereocenters. The van der Waals surface area contributed by atoms with Crippen LogP contribution in [0.3, 0.4) is 0 Å². The van der Waals surface area contributed by atoms with E-state index in [9.17, 15) is 0 Å². The zero-order valence-corrected chi connectivity index (χ0v) is 19.9. The van der Waals surface area contributed by atoms with Crippen molar-refractivity contribution in [1.29, 1.82) is 0 Å². The Morgan fingerprint density at radius 3 is 0.941 bits per heavy atom. The van der Waals surface area contributed by atoms with Crippen LogP contribution in [0.15, 0.2) is 48.5 Å². The first-order chi connectivity index (χ1) is 16.9. The predicted octanol–water partition coefficient (Wildman–Crippen LogP) is 3.62. The van der Waals surface area contributed by atoms with E-state index in [4.69, 9.17) is 28.4 Å². The number of hydrogen-bond acceptors (Lipinski definition) is 6. The molecule has 2 aromatic rings. The van der Waals surface area contributed by atoms with Gasteiger partial charge in [-0.2, -0.15) is 0 Å². The summed E-state index contributed by atoms with van der Waals surface area (Å²) in [7, 11) is 0. The summed E-state index contributed by atoms with van der Waals surface area (Å²) >= 11 is 0. The van der Waals surface area contributed by atoms with Gasteiger partial charge in [0.1, 0.15) is 0 Å². The molecule has 2 bridgehead atoms. The second-order valence-corrected chi connectivity index (χ2v) is 9.14. The molecule has 0 aromatic heterocycles. The molecule has 0 saturated carbocycles. The van der Waals surface area contributed by atoms with E-state index in [-0.39, 0.29) is 0 Å². The highest BCUT2D eigenvalue weighted by molar-refractivity contribution is 5.56. The van der Waals surface area contributed by atoms with Gasteiger partial charge in [-0.05, 0) is 34.1 Å². The van der Waals surface area contributed by atoms with Crippen molar-refractivity contribution in [3.63, 3.8) is 0 Å². The van der Waals surface area contributed by atoms with Crippen LogP contribution in [0.4, 0.5) is 0 Å². The van der Waals surface area contributed by atoms with Crippen LogP contribution in [0.5, 0.6) is 0 Å². The zero-order valence-electron chi connectivity index (χ0n) is 19.9. The van der Waals surface area contributed by atoms with Crippen LogP contribution in [0.25, 0.3) is 0 Å². The van der Waals surface area contributed by atoms with E-state index in [1.807, 2.05) is 0 Å². The number of rotatable bonds is 0. The zero-order chi connectivity index (χ0) is 23.0. The first-order valence-corrected chi connectivity index (χ1v) is 12.6. The van der Waals surface area contributed by atoms with Crippen LogP contribution in [0, 0.1) is 11.8 Å². The van der Waals surface area contributed by atoms with E-state index in [0.29, 0.717) is 103 Å². The normalized spacial score (nSPS) is 29.4. The highest BCUT2D eigenvalue weighted by atomic mass is 16.6. The summed E-state index contributed by atoms with van der Waals surface area (Å²) in [6.07, 6.45) is 0. The largest absolute Gasteiger partial charge is 0.379 e. The van der Waals surface area contributed by atoms with Crippen LogP contribution in [-0.4, -0.2) is 79.3 Å². The van der Waals surface area contributed by atoms with Gasteiger partial charge < -0.3 is 28.4 Å². The first-order valence-electron chi connectivity index (χ1n) is 12.6. The Bertz CT molecular complexity index is 782. The van der Waals surface area contributed by atoms with Crippen LogP contribution in [-0.2, 0) is 28.4 Å². The molecule has 1 saturated heterocycles. The monoisotopic (exact) mass is 468 g/mol. The van der Waals surface area contributed by atoms with E-state index in [1.54, 1.807) is 0 Å². The molecule has 6 rings (SSSR count). The molecule has 3 aliphatic carbocycles. The summed E-state index contributed by atoms with van der Waals surface area (Å²) in [6, 6.07) is 17.9. The molecule has 2 aromatic carbocycles. The lowest BCUT2D eigenvalue weighted by atomic mass is 9.54. The topological polar surface area (TPSA) is 55.4 Å². The molecule has 1 aliphatic heterocycles. The second kappa shape index (κ2) is 12.2. The number of benzene rings is 2. The maximum absolute atomic E-state index is 6.20. The van der Waals surface area contributed by atoms with E-state index in [1.165, 1.54) is 22.3 Å². The third-order valence-corrected chi connectivity index (χ3v) is 7.22. The Kier molecular flexibility index (Phi) is 8.62. The molecule has 1 fully saturated rings. The van der Waals surface area contributed by atoms with Gasteiger partial charge in [0, 0.05) is 11.8 Å². The minimum atomic E-state index is 0.326. The van der Waals surface area contributed by atoms with Crippen molar-refractivity contribution >= 4 is 0 Å². The van der Waals surface area contributed by atoms with Crippen molar-refractivity contribution in [3.8, 4) is 0 Å². The van der Waals surface area contributed by atoms with Gasteiger partial charge in [-0.3, -0.25) is 0 Å². The molecule has 6 nitrogen and oxygen atoms in total. The molecule has 0 radical (unpaired) electrons. The Labute approximate surface area is 202 Å². The molecule has 0 spiro atoms. The smallest absolute Gasteiger partial charge is 0.0701 e. The second-order valence-electron chi connectivity index (χ2n) is 9.14. The molecule has 4 aliphatic rings. The Balaban J connectivity index is 1.33. The van der Waals surface area contributed by atoms with Gasteiger partial charge in [-0.15, -0.1) is 0 Å². The average molecular weight is 469 g/mol. The molecule has 6 heteroatoms. The SMILES string of the molecule is c1ccc2c(c1)C1c3ccccc3C2[C@@H]2COCCOCCOCCOCCOCCOC[C@@H]12. The summed E-state index contributed by atoms with van der Waals surface area (Å²) in [5, 5.41) is 0. The van der Waals surface area contributed by atoms with Gasteiger partial charge in [0.05, 0.1) is 79.3 Å². The van der Waals surface area contributed by atoms with E-state index in [2.05, 4.69) is 48.5 Å². The minimum absolute atomic E-state index is 0.326. The van der Waals surface area contributed by atoms with Crippen molar-refractivity contribution in [2.45, 2.75) is 11.8 Å². The van der Waals surface area contributed by atoms with Crippen molar-refractivity contribution in [3.05, 3.63) is 70.8 Å². The molecule has 0 N–H and O–H groups in total. The van der Waals surface area contributed by atoms with Gasteiger partial charge in [0.2, 0.25) is 0 Å². The molecular formula is C28H36O6. The fourth-order valence-corrected chi connectivity index (χ4v) is 5.78. The van der Waals surface area contributed by atoms with Crippen LogP contribution >= 0.6 is 0 Å². The Morgan fingerprint density at radius 1 is 0.382 bits per heavy atom. The van der Waals surface area contributed by atoms with Gasteiger partial charge >= 0.3 is 0 Å². The van der Waals surface area contributed by atoms with Gasteiger partial charge in [-0.1, -0.05) is 48.5 Å². The highest BCUT2D eigenvalue weighted by Gasteiger charge is 2.49. The lowest BCUT2D eigenvalue weighted by Crippen LogP contribution is -2.44. The van der Waals surface area contributed by atoms with Crippen LogP contribution in [0.2, 0.25) is 0 Å². The lowest BCUT2D eigenvalue weighted by molar-refractivity contribution is -0.0391. The van der Waals surface area contributed by atoms with Crippen molar-refractivity contribution in [2.75, 3.05) is 79.3 Å². The number of hydrogen-bond donors (Lipinski definition) is 0. The minimum Gasteiger partial charge on any atom is -0.379 e. The summed E-state index contributed by atoms with van der Waals surface area (Å²) in [5.74, 6) is 1.37. The third kappa shape index (κ3) is 5.38. The molecule has 34 heavy (non-hydrogen) atoms. The summed E-state index contributed by atoms with van der Waals surface area (Å²) in [4.78, 5) is 0. The van der Waals surface area contributed by atoms with Gasteiger partial charge in [0.15, 0.2) is 0 Å². The molecule has 1 heterocycles. The fourth-order valence-electron chi connectivity index (χ4n) is 5.78. The maximum Gasteiger partial charge on any atom is 0.0701 e. The number of ether oxygens (including phenoxy) is 6. The van der Waals surface area contributed by atoms with Gasteiger partial charge in [-0.25, -0.2) is 0 Å². The predicted molar refractivity (Wildman–Crippen MR) is 128 cm³/mol. The van der Waals surface area contributed by atoms with E-state index >= 15 is 0 Å². The standard InChI is InChI=1S/C28H36O6/c1-2-6-22-21(5-1)27-23-7-3-4-8-24(23)28(22)26-20-34-18-16-32-14-12-30-10-9-29-11-13-31-15-17-33-19-25(26)27/h1-8,25-28H,9-20H2/t25-,26-,27?,28?/m1/s1. The quantitative estimate of drug-likeness (QED) is 0.589. The maximum atomic E-state index is 6.20. The van der Waals surface area contributed by atoms with Crippen LogP contribution < -0.4 is 0 Å². The fraction of sp³-hybridized carbons (Fsp3) is 0.571. The van der Waals surface area contributed by atoms with Crippen LogP contribution in [0.1, 0.15) is 34.1 Å². The summed E-state index contributed by atoms with van der Waals surface area (Å²) in [6.45, 7) is 7.13. The molecule has 2 atom stereocenters. The van der Waals surface area contributed by atoms with E-state index in [0.717, 1.165) is 0 Å².